The van der Waals surface area contributed by atoms with Gasteiger partial charge in [-0.1, -0.05) is 6.92 Å². The Morgan fingerprint density at radius 3 is 2.71 bits per heavy atom. The predicted molar refractivity (Wildman–Crippen MR) is 77.8 cm³/mol. The summed E-state index contributed by atoms with van der Waals surface area (Å²) in [5.41, 5.74) is 0. The third kappa shape index (κ3) is 3.39. The SMILES string of the molecule is CCSC1CCC(N2CCC(NC)CC2C)C1. The van der Waals surface area contributed by atoms with E-state index < -0.39 is 0 Å². The van der Waals surface area contributed by atoms with Crippen molar-refractivity contribution in [3.05, 3.63) is 0 Å². The summed E-state index contributed by atoms with van der Waals surface area (Å²) in [6.45, 7) is 6.02. The molecule has 1 aliphatic carbocycles. The Kier molecular flexibility index (Phi) is 5.19. The highest BCUT2D eigenvalue weighted by Gasteiger charge is 2.34. The second-order valence-electron chi connectivity index (χ2n) is 5.64. The average Bonchev–Trinajstić information content (AvgIpc) is 2.78. The van der Waals surface area contributed by atoms with E-state index in [0.29, 0.717) is 0 Å². The standard InChI is InChI=1S/C14H28N2S/c1-4-17-14-6-5-13(10-14)16-8-7-12(15-3)9-11(16)2/h11-15H,4-10H2,1-3H3. The van der Waals surface area contributed by atoms with E-state index in [9.17, 15) is 0 Å². The van der Waals surface area contributed by atoms with Crippen LogP contribution in [0.25, 0.3) is 0 Å². The molecule has 0 aromatic rings. The highest BCUT2D eigenvalue weighted by molar-refractivity contribution is 7.99. The molecule has 3 heteroatoms. The number of thioether (sulfide) groups is 1. The van der Waals surface area contributed by atoms with Crippen LogP contribution in [0.5, 0.6) is 0 Å². The molecule has 100 valence electrons. The van der Waals surface area contributed by atoms with Crippen LogP contribution in [0.3, 0.4) is 0 Å². The van der Waals surface area contributed by atoms with Crippen molar-refractivity contribution in [2.24, 2.45) is 0 Å². The molecule has 0 aromatic carbocycles. The first-order valence-electron chi connectivity index (χ1n) is 7.29. The number of rotatable bonds is 4. The third-order valence-corrected chi connectivity index (χ3v) is 5.80. The molecule has 1 saturated heterocycles. The van der Waals surface area contributed by atoms with Gasteiger partial charge in [0.05, 0.1) is 0 Å². The Hall–Kier alpha value is 0.270. The van der Waals surface area contributed by atoms with Crippen LogP contribution in [-0.2, 0) is 0 Å². The normalized spacial score (nSPS) is 39.7. The molecule has 2 nitrogen and oxygen atoms in total. The van der Waals surface area contributed by atoms with Crippen molar-refractivity contribution < 1.29 is 0 Å². The second kappa shape index (κ2) is 6.44. The summed E-state index contributed by atoms with van der Waals surface area (Å²) in [6, 6.07) is 2.41. The van der Waals surface area contributed by atoms with E-state index in [2.05, 4.69) is 42.9 Å². The van der Waals surface area contributed by atoms with Crippen molar-refractivity contribution in [1.29, 1.82) is 0 Å². The molecule has 0 amide bonds. The van der Waals surface area contributed by atoms with Crippen LogP contribution in [0.15, 0.2) is 0 Å². The predicted octanol–water partition coefficient (Wildman–Crippen LogP) is 2.73. The van der Waals surface area contributed by atoms with Gasteiger partial charge in [-0.2, -0.15) is 11.8 Å². The lowest BCUT2D eigenvalue weighted by Gasteiger charge is -2.41. The quantitative estimate of drug-likeness (QED) is 0.832. The van der Waals surface area contributed by atoms with Crippen molar-refractivity contribution in [3.63, 3.8) is 0 Å². The number of hydrogen-bond donors (Lipinski definition) is 1. The van der Waals surface area contributed by atoms with Crippen LogP contribution in [0.2, 0.25) is 0 Å². The van der Waals surface area contributed by atoms with Gasteiger partial charge in [-0.3, -0.25) is 4.90 Å². The lowest BCUT2D eigenvalue weighted by atomic mass is 9.96. The Morgan fingerprint density at radius 1 is 1.24 bits per heavy atom. The van der Waals surface area contributed by atoms with Crippen molar-refractivity contribution in [3.8, 4) is 0 Å². The van der Waals surface area contributed by atoms with E-state index in [-0.39, 0.29) is 0 Å². The summed E-state index contributed by atoms with van der Waals surface area (Å²) in [6.07, 6.45) is 6.99. The Morgan fingerprint density at radius 2 is 2.06 bits per heavy atom. The Bertz CT molecular complexity index is 234. The highest BCUT2D eigenvalue weighted by atomic mass is 32.2. The molecule has 4 atom stereocenters. The van der Waals surface area contributed by atoms with Crippen molar-refractivity contribution in [1.82, 2.24) is 10.2 Å². The topological polar surface area (TPSA) is 15.3 Å². The summed E-state index contributed by atoms with van der Waals surface area (Å²) in [5.74, 6) is 1.29. The van der Waals surface area contributed by atoms with Gasteiger partial charge in [0.1, 0.15) is 0 Å². The zero-order valence-electron chi connectivity index (χ0n) is 11.6. The smallest absolute Gasteiger partial charge is 0.0109 e. The maximum absolute atomic E-state index is 3.44. The summed E-state index contributed by atoms with van der Waals surface area (Å²) >= 11 is 2.17. The van der Waals surface area contributed by atoms with Gasteiger partial charge in [-0.25, -0.2) is 0 Å². The second-order valence-corrected chi connectivity index (χ2v) is 7.22. The van der Waals surface area contributed by atoms with Gasteiger partial charge in [-0.15, -0.1) is 0 Å². The fourth-order valence-electron chi connectivity index (χ4n) is 3.60. The van der Waals surface area contributed by atoms with Crippen LogP contribution in [-0.4, -0.2) is 47.6 Å². The number of hydrogen-bond acceptors (Lipinski definition) is 3. The van der Waals surface area contributed by atoms with Crippen molar-refractivity contribution in [2.75, 3.05) is 19.3 Å². The molecule has 17 heavy (non-hydrogen) atoms. The van der Waals surface area contributed by atoms with Crippen molar-refractivity contribution >= 4 is 11.8 Å². The zero-order valence-corrected chi connectivity index (χ0v) is 12.4. The molecule has 1 aliphatic heterocycles. The van der Waals surface area contributed by atoms with Gasteiger partial charge in [0.15, 0.2) is 0 Å². The summed E-state index contributed by atoms with van der Waals surface area (Å²) < 4.78 is 0. The average molecular weight is 256 g/mol. The fraction of sp³-hybridized carbons (Fsp3) is 1.00. The molecule has 1 saturated carbocycles. The molecular weight excluding hydrogens is 228 g/mol. The van der Waals surface area contributed by atoms with Gasteiger partial charge in [0.2, 0.25) is 0 Å². The van der Waals surface area contributed by atoms with Crippen LogP contribution in [0.4, 0.5) is 0 Å². The minimum Gasteiger partial charge on any atom is -0.317 e. The van der Waals surface area contributed by atoms with Gasteiger partial charge in [0, 0.05) is 29.9 Å². The van der Waals surface area contributed by atoms with Gasteiger partial charge in [-0.05, 0) is 51.8 Å². The van der Waals surface area contributed by atoms with E-state index in [4.69, 9.17) is 0 Å². The molecule has 0 aromatic heterocycles. The van der Waals surface area contributed by atoms with Crippen LogP contribution < -0.4 is 5.32 Å². The van der Waals surface area contributed by atoms with E-state index in [0.717, 1.165) is 23.4 Å². The first-order chi connectivity index (χ1) is 8.24. The molecule has 2 rings (SSSR count). The van der Waals surface area contributed by atoms with E-state index in [1.165, 1.54) is 44.4 Å². The number of piperidine rings is 1. The zero-order chi connectivity index (χ0) is 12.3. The lowest BCUT2D eigenvalue weighted by molar-refractivity contribution is 0.0922. The molecule has 2 aliphatic rings. The molecule has 0 radical (unpaired) electrons. The Labute approximate surface area is 111 Å². The maximum Gasteiger partial charge on any atom is 0.0109 e. The third-order valence-electron chi connectivity index (χ3n) is 4.56. The minimum absolute atomic E-state index is 0.753. The van der Waals surface area contributed by atoms with E-state index >= 15 is 0 Å². The molecule has 1 N–H and O–H groups in total. The molecule has 1 heterocycles. The summed E-state index contributed by atoms with van der Waals surface area (Å²) in [4.78, 5) is 2.80. The van der Waals surface area contributed by atoms with Crippen LogP contribution >= 0.6 is 11.8 Å². The molecular formula is C14H28N2S. The highest BCUT2D eigenvalue weighted by Crippen LogP contribution is 2.35. The number of nitrogens with one attached hydrogen (secondary N) is 1. The monoisotopic (exact) mass is 256 g/mol. The lowest BCUT2D eigenvalue weighted by Crippen LogP contribution is -2.50. The summed E-state index contributed by atoms with van der Waals surface area (Å²) in [5, 5.41) is 4.39. The van der Waals surface area contributed by atoms with Gasteiger partial charge >= 0.3 is 0 Å². The van der Waals surface area contributed by atoms with Crippen LogP contribution in [0.1, 0.15) is 46.0 Å². The number of likely N-dealkylation sites (tertiary alicyclic amines) is 1. The van der Waals surface area contributed by atoms with E-state index in [1.807, 2.05) is 0 Å². The maximum atomic E-state index is 3.44. The van der Waals surface area contributed by atoms with E-state index in [1.54, 1.807) is 0 Å². The Balaban J connectivity index is 1.83. The molecule has 4 unspecified atom stereocenters. The number of nitrogens with zero attached hydrogens (tertiary/aromatic N) is 1. The summed E-state index contributed by atoms with van der Waals surface area (Å²) in [7, 11) is 2.11. The molecule has 2 fully saturated rings. The minimum atomic E-state index is 0.753. The van der Waals surface area contributed by atoms with Gasteiger partial charge < -0.3 is 5.32 Å². The first-order valence-corrected chi connectivity index (χ1v) is 8.34. The largest absolute Gasteiger partial charge is 0.317 e. The molecule has 0 spiro atoms. The molecule has 0 bridgehead atoms. The van der Waals surface area contributed by atoms with Crippen LogP contribution in [0, 0.1) is 0 Å². The first kappa shape index (κ1) is 13.7. The van der Waals surface area contributed by atoms with Gasteiger partial charge in [0.25, 0.3) is 0 Å². The van der Waals surface area contributed by atoms with Crippen molar-refractivity contribution in [2.45, 2.75) is 69.3 Å². The fourth-order valence-corrected chi connectivity index (χ4v) is 4.73.